The molecular weight excluding hydrogens is 374 g/mol. The molecule has 2 aromatic rings. The molecular formula is C22H28ClN3O2. The van der Waals surface area contributed by atoms with Gasteiger partial charge in [-0.2, -0.15) is 0 Å². The lowest BCUT2D eigenvalue weighted by molar-refractivity contribution is -0.131. The number of benzene rings is 1. The molecule has 2 aliphatic heterocycles. The Kier molecular flexibility index (Phi) is 5.96. The molecule has 1 spiro atoms. The van der Waals surface area contributed by atoms with Gasteiger partial charge in [0.1, 0.15) is 11.3 Å². The summed E-state index contributed by atoms with van der Waals surface area (Å²) in [6.07, 6.45) is 4.58. The van der Waals surface area contributed by atoms with Gasteiger partial charge in [0.25, 0.3) is 0 Å². The van der Waals surface area contributed by atoms with Crippen LogP contribution in [0, 0.1) is 6.92 Å². The summed E-state index contributed by atoms with van der Waals surface area (Å²) < 4.78 is 5.65. The van der Waals surface area contributed by atoms with E-state index >= 15 is 0 Å². The first-order valence-corrected chi connectivity index (χ1v) is 9.75. The van der Waals surface area contributed by atoms with Crippen molar-refractivity contribution in [3.8, 4) is 16.9 Å². The molecule has 0 aliphatic carbocycles. The highest BCUT2D eigenvalue weighted by molar-refractivity contribution is 5.88. The third kappa shape index (κ3) is 3.61. The second-order valence-corrected chi connectivity index (χ2v) is 7.68. The van der Waals surface area contributed by atoms with E-state index in [2.05, 4.69) is 35.4 Å². The fourth-order valence-electron chi connectivity index (χ4n) is 4.35. The fraction of sp³-hybridized carbons (Fsp3) is 0.455. The van der Waals surface area contributed by atoms with E-state index < -0.39 is 0 Å². The highest BCUT2D eigenvalue weighted by Gasteiger charge is 2.50. The molecule has 4 rings (SSSR count). The van der Waals surface area contributed by atoms with Crippen LogP contribution in [0.4, 0.5) is 0 Å². The van der Waals surface area contributed by atoms with Crippen LogP contribution in [0.3, 0.4) is 0 Å². The second-order valence-electron chi connectivity index (χ2n) is 7.68. The molecule has 2 fully saturated rings. The van der Waals surface area contributed by atoms with Gasteiger partial charge < -0.3 is 9.64 Å². The van der Waals surface area contributed by atoms with Crippen LogP contribution in [0.5, 0.6) is 5.75 Å². The number of nitrogens with zero attached hydrogens (tertiary/aromatic N) is 2. The largest absolute Gasteiger partial charge is 0.494 e. The molecule has 2 saturated heterocycles. The number of carbonyl (C=O) groups excluding carboxylic acids is 1. The molecule has 2 atom stereocenters. The molecule has 0 saturated carbocycles. The average molecular weight is 402 g/mol. The van der Waals surface area contributed by atoms with Gasteiger partial charge in [-0.3, -0.25) is 15.1 Å². The van der Waals surface area contributed by atoms with Gasteiger partial charge in [0.15, 0.2) is 0 Å². The number of amides is 1. The van der Waals surface area contributed by atoms with Crippen LogP contribution in [0.15, 0.2) is 36.5 Å². The Morgan fingerprint density at radius 3 is 2.71 bits per heavy atom. The zero-order valence-electron chi connectivity index (χ0n) is 16.7. The number of hydrogen-bond donors (Lipinski definition) is 1. The van der Waals surface area contributed by atoms with Gasteiger partial charge in [0.2, 0.25) is 5.91 Å². The molecule has 0 bridgehead atoms. The fourth-order valence-corrected chi connectivity index (χ4v) is 4.35. The first-order valence-electron chi connectivity index (χ1n) is 9.75. The Balaban J connectivity index is 0.00000225. The van der Waals surface area contributed by atoms with E-state index in [4.69, 9.17) is 4.74 Å². The first-order chi connectivity index (χ1) is 13.0. The molecule has 28 heavy (non-hydrogen) atoms. The molecule has 3 heterocycles. The third-order valence-corrected chi connectivity index (χ3v) is 5.89. The minimum absolute atomic E-state index is 0. The number of ether oxygens (including phenoxy) is 1. The van der Waals surface area contributed by atoms with E-state index in [0.29, 0.717) is 6.61 Å². The lowest BCUT2D eigenvalue weighted by atomic mass is 9.96. The van der Waals surface area contributed by atoms with Gasteiger partial charge in [0.05, 0.1) is 18.3 Å². The number of nitrogens with one attached hydrogen (secondary N) is 1. The summed E-state index contributed by atoms with van der Waals surface area (Å²) >= 11 is 0. The van der Waals surface area contributed by atoms with Crippen LogP contribution in [0.1, 0.15) is 43.5 Å². The summed E-state index contributed by atoms with van der Waals surface area (Å²) in [7, 11) is 1.89. The van der Waals surface area contributed by atoms with Crippen LogP contribution in [0.2, 0.25) is 0 Å². The van der Waals surface area contributed by atoms with Crippen molar-refractivity contribution in [1.29, 1.82) is 0 Å². The summed E-state index contributed by atoms with van der Waals surface area (Å²) in [4.78, 5) is 19.0. The number of halogens is 1. The molecule has 1 amide bonds. The van der Waals surface area contributed by atoms with Gasteiger partial charge in [-0.05, 0) is 74.1 Å². The van der Waals surface area contributed by atoms with E-state index in [1.165, 1.54) is 0 Å². The van der Waals surface area contributed by atoms with E-state index in [-0.39, 0.29) is 29.9 Å². The number of likely N-dealkylation sites (N-methyl/N-ethyl adjacent to an activating group) is 1. The Hall–Kier alpha value is -2.11. The standard InChI is InChI=1S/C22H27N3O2.ClH/c1-4-27-20-6-5-16(13-15(20)2)17-8-11-23-19(14-17)18-7-9-22(24-18)10-12-25(3)21(22)26;/h5-6,8,11,13-14,18,24H,4,7,9-10,12H2,1-3H3;1H/t18-,22+;/m1./s1. The topological polar surface area (TPSA) is 54.5 Å². The summed E-state index contributed by atoms with van der Waals surface area (Å²) in [5, 5.41) is 3.60. The SMILES string of the molecule is CCOc1ccc(-c2ccnc([C@H]3CC[C@@]4(CCN(C)C4=O)N3)c2)cc1C.Cl. The van der Waals surface area contributed by atoms with Gasteiger partial charge in [-0.1, -0.05) is 6.07 Å². The number of rotatable bonds is 4. The predicted molar refractivity (Wildman–Crippen MR) is 113 cm³/mol. The average Bonchev–Trinajstić information content (AvgIpc) is 3.24. The van der Waals surface area contributed by atoms with E-state index in [1.54, 1.807) is 0 Å². The van der Waals surface area contributed by atoms with Crippen molar-refractivity contribution in [1.82, 2.24) is 15.2 Å². The van der Waals surface area contributed by atoms with Crippen LogP contribution in [-0.4, -0.2) is 41.5 Å². The van der Waals surface area contributed by atoms with Crippen LogP contribution >= 0.6 is 12.4 Å². The third-order valence-electron chi connectivity index (χ3n) is 5.89. The van der Waals surface area contributed by atoms with Gasteiger partial charge >= 0.3 is 0 Å². The Morgan fingerprint density at radius 1 is 1.25 bits per heavy atom. The van der Waals surface area contributed by atoms with E-state index in [0.717, 1.165) is 53.9 Å². The highest BCUT2D eigenvalue weighted by atomic mass is 35.5. The Labute approximate surface area is 172 Å². The first kappa shape index (κ1) is 20.6. The molecule has 150 valence electrons. The monoisotopic (exact) mass is 401 g/mol. The maximum absolute atomic E-state index is 12.5. The molecule has 1 aromatic carbocycles. The van der Waals surface area contributed by atoms with Gasteiger partial charge in [-0.15, -0.1) is 12.4 Å². The Morgan fingerprint density at radius 2 is 2.04 bits per heavy atom. The normalized spacial score (nSPS) is 23.9. The summed E-state index contributed by atoms with van der Waals surface area (Å²) in [6.45, 7) is 5.57. The van der Waals surface area contributed by atoms with Crippen molar-refractivity contribution in [3.63, 3.8) is 0 Å². The summed E-state index contributed by atoms with van der Waals surface area (Å²) in [5.74, 6) is 1.15. The van der Waals surface area contributed by atoms with Crippen molar-refractivity contribution in [3.05, 3.63) is 47.8 Å². The zero-order chi connectivity index (χ0) is 19.0. The maximum Gasteiger partial charge on any atom is 0.242 e. The molecule has 5 nitrogen and oxygen atoms in total. The highest BCUT2D eigenvalue weighted by Crippen LogP contribution is 2.39. The molecule has 0 radical (unpaired) electrons. The van der Waals surface area contributed by atoms with Crippen molar-refractivity contribution in [2.75, 3.05) is 20.2 Å². The number of likely N-dealkylation sites (tertiary alicyclic amines) is 1. The summed E-state index contributed by atoms with van der Waals surface area (Å²) in [5.41, 5.74) is 4.06. The molecule has 1 aromatic heterocycles. The number of aromatic nitrogens is 1. The Bertz CT molecular complexity index is 873. The summed E-state index contributed by atoms with van der Waals surface area (Å²) in [6, 6.07) is 10.6. The van der Waals surface area contributed by atoms with Crippen molar-refractivity contribution in [2.45, 2.75) is 44.7 Å². The smallest absolute Gasteiger partial charge is 0.242 e. The maximum atomic E-state index is 12.5. The quantitative estimate of drug-likeness (QED) is 0.844. The van der Waals surface area contributed by atoms with Crippen molar-refractivity contribution >= 4 is 18.3 Å². The van der Waals surface area contributed by atoms with E-state index in [9.17, 15) is 4.79 Å². The van der Waals surface area contributed by atoms with Gasteiger partial charge in [-0.25, -0.2) is 0 Å². The molecule has 1 N–H and O–H groups in total. The number of aryl methyl sites for hydroxylation is 1. The van der Waals surface area contributed by atoms with Gasteiger partial charge in [0, 0.05) is 19.8 Å². The number of hydrogen-bond acceptors (Lipinski definition) is 4. The molecule has 2 aliphatic rings. The zero-order valence-corrected chi connectivity index (χ0v) is 17.5. The lowest BCUT2D eigenvalue weighted by Gasteiger charge is -2.23. The lowest BCUT2D eigenvalue weighted by Crippen LogP contribution is -2.47. The predicted octanol–water partition coefficient (Wildman–Crippen LogP) is 3.90. The molecule has 6 heteroatoms. The van der Waals surface area contributed by atoms with Crippen LogP contribution in [0.25, 0.3) is 11.1 Å². The second kappa shape index (κ2) is 8.10. The van der Waals surface area contributed by atoms with E-state index in [1.807, 2.05) is 37.2 Å². The molecule has 0 unspecified atom stereocenters. The van der Waals surface area contributed by atoms with Crippen molar-refractivity contribution in [2.24, 2.45) is 0 Å². The van der Waals surface area contributed by atoms with Crippen molar-refractivity contribution < 1.29 is 9.53 Å². The number of pyridine rings is 1. The van der Waals surface area contributed by atoms with Crippen LogP contribution in [-0.2, 0) is 4.79 Å². The van der Waals surface area contributed by atoms with Crippen LogP contribution < -0.4 is 10.1 Å². The minimum atomic E-state index is -0.382. The number of carbonyl (C=O) groups is 1. The minimum Gasteiger partial charge on any atom is -0.494 e.